The second-order valence-corrected chi connectivity index (χ2v) is 8.65. The topological polar surface area (TPSA) is 65.1 Å². The van der Waals surface area contributed by atoms with Crippen LogP contribution in [0.15, 0.2) is 47.8 Å². The number of nitrogens with zero attached hydrogens (tertiary/aromatic N) is 5. The van der Waals surface area contributed by atoms with E-state index in [0.717, 1.165) is 5.69 Å². The van der Waals surface area contributed by atoms with Crippen molar-refractivity contribution in [2.24, 2.45) is 7.05 Å². The van der Waals surface area contributed by atoms with E-state index in [1.165, 1.54) is 10.6 Å². The fourth-order valence-electron chi connectivity index (χ4n) is 4.43. The number of fused-ring (bicyclic) bond motifs is 2. The maximum Gasteiger partial charge on any atom is 0.275 e. The number of aryl methyl sites for hydroxylation is 2. The summed E-state index contributed by atoms with van der Waals surface area (Å²) in [6.07, 6.45) is 5.17. The molecule has 9 heteroatoms. The van der Waals surface area contributed by atoms with E-state index < -0.39 is 5.82 Å². The zero-order valence-corrected chi connectivity index (χ0v) is 18.6. The normalized spacial score (nSPS) is 16.1. The summed E-state index contributed by atoms with van der Waals surface area (Å²) in [7, 11) is 1.83. The number of imidazole rings is 1. The minimum absolute atomic E-state index is 0.0436. The van der Waals surface area contributed by atoms with Crippen LogP contribution in [0.3, 0.4) is 0 Å². The number of carbonyl (C=O) groups excluding carboxylic acids is 1. The molecule has 0 aliphatic carbocycles. The van der Waals surface area contributed by atoms with Crippen LogP contribution in [0.4, 0.5) is 4.39 Å². The molecule has 5 rings (SSSR count). The molecule has 0 unspecified atom stereocenters. The van der Waals surface area contributed by atoms with Crippen LogP contribution < -0.4 is 5.56 Å². The summed E-state index contributed by atoms with van der Waals surface area (Å²) in [6, 6.07) is 6.33. The van der Waals surface area contributed by atoms with Gasteiger partial charge in [-0.1, -0.05) is 11.6 Å². The highest BCUT2D eigenvalue weighted by Gasteiger charge is 2.32. The quantitative estimate of drug-likeness (QED) is 0.475. The molecule has 0 spiro atoms. The lowest BCUT2D eigenvalue weighted by Gasteiger charge is -2.35. The van der Waals surface area contributed by atoms with E-state index in [9.17, 15) is 14.0 Å². The minimum Gasteiger partial charge on any atom is -0.350 e. The highest BCUT2D eigenvalue weighted by molar-refractivity contribution is 6.31. The van der Waals surface area contributed by atoms with E-state index in [1.54, 1.807) is 40.2 Å². The predicted molar refractivity (Wildman–Crippen MR) is 120 cm³/mol. The molecular formula is C23H21ClFN5O2. The van der Waals surface area contributed by atoms with Crippen molar-refractivity contribution < 1.29 is 9.18 Å². The molecule has 1 aliphatic heterocycles. The summed E-state index contributed by atoms with van der Waals surface area (Å²) in [4.78, 5) is 32.3. The average Bonchev–Trinajstić information content (AvgIpc) is 3.32. The molecule has 4 aromatic rings. The summed E-state index contributed by atoms with van der Waals surface area (Å²) in [5.41, 5.74) is 2.67. The summed E-state index contributed by atoms with van der Waals surface area (Å²) in [6.45, 7) is 4.29. The fraction of sp³-hybridized carbons (Fsp3) is 0.261. The van der Waals surface area contributed by atoms with Gasteiger partial charge in [-0.05, 0) is 38.1 Å². The lowest BCUT2D eigenvalue weighted by molar-refractivity contribution is 0.0590. The third-order valence-electron chi connectivity index (χ3n) is 6.07. The number of hydrogen-bond donors (Lipinski definition) is 0. The molecule has 0 fully saturated rings. The predicted octanol–water partition coefficient (Wildman–Crippen LogP) is 3.67. The molecule has 1 aliphatic rings. The zero-order valence-electron chi connectivity index (χ0n) is 17.8. The zero-order chi connectivity index (χ0) is 22.7. The summed E-state index contributed by atoms with van der Waals surface area (Å²) in [5, 5.41) is 0.455. The SMILES string of the molecule is Cc1cn(-c2ccc3n(c2=O)C[C@@H](C)N(Cc2cn(C)c4ccc(Cl)c(F)c24)C3=O)cn1. The van der Waals surface area contributed by atoms with Crippen molar-refractivity contribution in [2.45, 2.75) is 33.0 Å². The number of amides is 1. The van der Waals surface area contributed by atoms with Gasteiger partial charge in [0.1, 0.15) is 11.4 Å². The molecule has 3 aromatic heterocycles. The molecule has 4 heterocycles. The van der Waals surface area contributed by atoms with E-state index in [-0.39, 0.29) is 29.1 Å². The molecule has 0 bridgehead atoms. The van der Waals surface area contributed by atoms with Gasteiger partial charge in [-0.15, -0.1) is 0 Å². The second-order valence-electron chi connectivity index (χ2n) is 8.24. The molecule has 164 valence electrons. The number of aromatic nitrogens is 4. The van der Waals surface area contributed by atoms with Gasteiger partial charge in [0.25, 0.3) is 11.5 Å². The number of benzene rings is 1. The van der Waals surface area contributed by atoms with Crippen LogP contribution in [0.1, 0.15) is 28.7 Å². The van der Waals surface area contributed by atoms with Crippen molar-refractivity contribution in [1.29, 1.82) is 0 Å². The summed E-state index contributed by atoms with van der Waals surface area (Å²) >= 11 is 6.01. The van der Waals surface area contributed by atoms with Crippen LogP contribution in [0.5, 0.6) is 0 Å². The highest BCUT2D eigenvalue weighted by atomic mass is 35.5. The molecule has 1 atom stereocenters. The molecule has 7 nitrogen and oxygen atoms in total. The Balaban J connectivity index is 1.54. The molecular weight excluding hydrogens is 433 g/mol. The molecule has 32 heavy (non-hydrogen) atoms. The lowest BCUT2D eigenvalue weighted by Crippen LogP contribution is -2.49. The second kappa shape index (κ2) is 7.34. The average molecular weight is 454 g/mol. The van der Waals surface area contributed by atoms with E-state index in [4.69, 9.17) is 11.6 Å². The summed E-state index contributed by atoms with van der Waals surface area (Å²) < 4.78 is 19.8. The van der Waals surface area contributed by atoms with E-state index in [1.807, 2.05) is 31.7 Å². The van der Waals surface area contributed by atoms with Crippen molar-refractivity contribution in [3.63, 3.8) is 0 Å². The first kappa shape index (κ1) is 20.5. The van der Waals surface area contributed by atoms with Gasteiger partial charge >= 0.3 is 0 Å². The molecule has 1 amide bonds. The monoisotopic (exact) mass is 453 g/mol. The Kier molecular flexibility index (Phi) is 4.70. The van der Waals surface area contributed by atoms with Crippen molar-refractivity contribution >= 4 is 28.4 Å². The van der Waals surface area contributed by atoms with Crippen molar-refractivity contribution in [3.8, 4) is 5.69 Å². The Bertz CT molecular complexity index is 1450. The van der Waals surface area contributed by atoms with E-state index in [2.05, 4.69) is 4.98 Å². The smallest absolute Gasteiger partial charge is 0.275 e. The van der Waals surface area contributed by atoms with Gasteiger partial charge in [0.2, 0.25) is 0 Å². The Morgan fingerprint density at radius 1 is 1.19 bits per heavy atom. The van der Waals surface area contributed by atoms with Crippen LogP contribution in [0.2, 0.25) is 5.02 Å². The molecule has 0 saturated heterocycles. The Labute approximate surface area is 188 Å². The molecule has 0 saturated carbocycles. The summed E-state index contributed by atoms with van der Waals surface area (Å²) in [5.74, 6) is -0.762. The van der Waals surface area contributed by atoms with Gasteiger partial charge in [-0.3, -0.25) is 9.59 Å². The third-order valence-corrected chi connectivity index (χ3v) is 6.36. The molecule has 1 aromatic carbocycles. The van der Waals surface area contributed by atoms with Crippen molar-refractivity contribution in [3.05, 3.63) is 81.1 Å². The van der Waals surface area contributed by atoms with Crippen LogP contribution in [0, 0.1) is 12.7 Å². The minimum atomic E-state index is -0.492. The molecule has 0 N–H and O–H groups in total. The van der Waals surface area contributed by atoms with Crippen molar-refractivity contribution in [2.75, 3.05) is 0 Å². The van der Waals surface area contributed by atoms with E-state index in [0.29, 0.717) is 34.4 Å². The van der Waals surface area contributed by atoms with Crippen LogP contribution >= 0.6 is 11.6 Å². The number of hydrogen-bond acceptors (Lipinski definition) is 3. The Hall–Kier alpha value is -3.39. The highest BCUT2D eigenvalue weighted by Crippen LogP contribution is 2.31. The van der Waals surface area contributed by atoms with Crippen LogP contribution in [0.25, 0.3) is 16.6 Å². The van der Waals surface area contributed by atoms with Crippen molar-refractivity contribution in [1.82, 2.24) is 23.6 Å². The lowest BCUT2D eigenvalue weighted by atomic mass is 10.1. The largest absolute Gasteiger partial charge is 0.350 e. The van der Waals surface area contributed by atoms with Gasteiger partial charge in [-0.25, -0.2) is 9.37 Å². The maximum atomic E-state index is 14.8. The number of carbonyl (C=O) groups is 1. The number of halogens is 2. The van der Waals surface area contributed by atoms with Gasteiger partial charge < -0.3 is 18.6 Å². The van der Waals surface area contributed by atoms with Gasteiger partial charge in [0, 0.05) is 49.5 Å². The standard InChI is InChI=1S/C23H21ClFN5O2/c1-13-8-28(12-26-13)18-6-7-19-23(32)29(14(2)9-30(19)22(18)31)11-15-10-27(3)17-5-4-16(24)21(25)20(15)17/h4-8,10,12,14H,9,11H2,1-3H3/t14-/m1/s1. The first-order valence-corrected chi connectivity index (χ1v) is 10.6. The van der Waals surface area contributed by atoms with Gasteiger partial charge in [-0.2, -0.15) is 0 Å². The number of pyridine rings is 1. The molecule has 0 radical (unpaired) electrons. The third kappa shape index (κ3) is 3.05. The maximum absolute atomic E-state index is 14.8. The van der Waals surface area contributed by atoms with Gasteiger partial charge in [0.05, 0.1) is 22.6 Å². The van der Waals surface area contributed by atoms with E-state index >= 15 is 0 Å². The van der Waals surface area contributed by atoms with Crippen LogP contribution in [-0.4, -0.2) is 35.5 Å². The van der Waals surface area contributed by atoms with Gasteiger partial charge in [0.15, 0.2) is 5.82 Å². The Morgan fingerprint density at radius 2 is 1.97 bits per heavy atom. The Morgan fingerprint density at radius 3 is 2.69 bits per heavy atom. The number of rotatable bonds is 3. The first-order valence-electron chi connectivity index (χ1n) is 10.2. The first-order chi connectivity index (χ1) is 15.3. The van der Waals surface area contributed by atoms with Crippen LogP contribution in [-0.2, 0) is 20.1 Å². The fourth-order valence-corrected chi connectivity index (χ4v) is 4.59.